The fourth-order valence-electron chi connectivity index (χ4n) is 2.26. The van der Waals surface area contributed by atoms with Crippen molar-refractivity contribution in [3.63, 3.8) is 0 Å². The lowest BCUT2D eigenvalue weighted by molar-refractivity contribution is -0.386. The third-order valence-corrected chi connectivity index (χ3v) is 3.80. The number of anilines is 1. The molecule has 0 bridgehead atoms. The van der Waals surface area contributed by atoms with E-state index in [4.69, 9.17) is 9.15 Å². The average molecular weight is 356 g/mol. The molecule has 134 valence electrons. The van der Waals surface area contributed by atoms with Gasteiger partial charge in [-0.1, -0.05) is 12.1 Å². The minimum atomic E-state index is -0.521. The summed E-state index contributed by atoms with van der Waals surface area (Å²) in [7, 11) is 1.77. The van der Waals surface area contributed by atoms with Gasteiger partial charge in [0.05, 0.1) is 22.5 Å². The molecule has 1 N–H and O–H groups in total. The second kappa shape index (κ2) is 7.09. The lowest BCUT2D eigenvalue weighted by Gasteiger charge is -2.05. The van der Waals surface area contributed by atoms with E-state index in [1.54, 1.807) is 36.1 Å². The molecule has 0 aliphatic rings. The molecule has 0 aliphatic carbocycles. The largest absolute Gasteiger partial charge is 0.479 e. The second-order valence-corrected chi connectivity index (χ2v) is 5.50. The number of ether oxygens (including phenoxy) is 1. The Hall–Kier alpha value is -3.62. The molecule has 0 saturated carbocycles. The first-order chi connectivity index (χ1) is 12.5. The number of nitrogens with one attached hydrogen (secondary N) is 1. The zero-order valence-electron chi connectivity index (χ0n) is 14.1. The van der Waals surface area contributed by atoms with E-state index in [9.17, 15) is 14.9 Å². The zero-order chi connectivity index (χ0) is 18.7. The number of nitrogens with zero attached hydrogens (tertiary/aromatic N) is 3. The molecular formula is C17H16N4O5. The fraction of sp³-hybridized carbons (Fsp3) is 0.176. The molecule has 2 heterocycles. The second-order valence-electron chi connectivity index (χ2n) is 5.50. The number of aryl methyl sites for hydroxylation is 1. The molecule has 2 aromatic heterocycles. The molecule has 0 unspecified atom stereocenters. The van der Waals surface area contributed by atoms with Crippen LogP contribution in [0.3, 0.4) is 0 Å². The predicted molar refractivity (Wildman–Crippen MR) is 92.0 cm³/mol. The Balaban J connectivity index is 1.66. The monoisotopic (exact) mass is 356 g/mol. The van der Waals surface area contributed by atoms with Crippen LogP contribution in [-0.4, -0.2) is 20.6 Å². The van der Waals surface area contributed by atoms with Gasteiger partial charge >= 0.3 is 5.69 Å². The molecule has 26 heavy (non-hydrogen) atoms. The number of carbonyl (C=O) groups excluding carboxylic acids is 1. The van der Waals surface area contributed by atoms with E-state index in [-0.39, 0.29) is 23.8 Å². The SMILES string of the molecule is Cc1c(NC(=O)c2ccc(COc3ccccc3[N+](=O)[O-])o2)cnn1C. The fourth-order valence-corrected chi connectivity index (χ4v) is 2.26. The van der Waals surface area contributed by atoms with Crippen LogP contribution in [0.5, 0.6) is 5.75 Å². The van der Waals surface area contributed by atoms with E-state index in [2.05, 4.69) is 10.4 Å². The van der Waals surface area contributed by atoms with Crippen molar-refractivity contribution in [1.82, 2.24) is 9.78 Å². The van der Waals surface area contributed by atoms with Gasteiger partial charge < -0.3 is 14.5 Å². The Labute approximate surface area is 148 Å². The first-order valence-electron chi connectivity index (χ1n) is 7.70. The molecule has 1 aromatic carbocycles. The summed E-state index contributed by atoms with van der Waals surface area (Å²) in [6.07, 6.45) is 1.55. The van der Waals surface area contributed by atoms with Crippen molar-refractivity contribution in [2.75, 3.05) is 5.32 Å². The average Bonchev–Trinajstić information content (AvgIpc) is 3.22. The molecule has 3 rings (SSSR count). The van der Waals surface area contributed by atoms with Gasteiger partial charge in [-0.25, -0.2) is 0 Å². The first-order valence-corrected chi connectivity index (χ1v) is 7.70. The number of hydrogen-bond donors (Lipinski definition) is 1. The van der Waals surface area contributed by atoms with E-state index >= 15 is 0 Å². The van der Waals surface area contributed by atoms with Gasteiger partial charge in [-0.3, -0.25) is 19.6 Å². The van der Waals surface area contributed by atoms with Crippen LogP contribution in [-0.2, 0) is 13.7 Å². The van der Waals surface area contributed by atoms with Crippen LogP contribution in [0.2, 0.25) is 0 Å². The van der Waals surface area contributed by atoms with Gasteiger partial charge in [0.1, 0.15) is 12.4 Å². The summed E-state index contributed by atoms with van der Waals surface area (Å²) in [5.74, 6) is 0.189. The summed E-state index contributed by atoms with van der Waals surface area (Å²) < 4.78 is 12.5. The molecule has 0 atom stereocenters. The van der Waals surface area contributed by atoms with Crippen molar-refractivity contribution in [2.24, 2.45) is 7.05 Å². The normalized spacial score (nSPS) is 10.5. The maximum absolute atomic E-state index is 12.2. The summed E-state index contributed by atoms with van der Waals surface area (Å²) in [4.78, 5) is 22.7. The molecule has 0 aliphatic heterocycles. The standard InChI is InChI=1S/C17H16N4O5/c1-11-13(9-18-20(11)2)19-17(22)16-8-7-12(26-16)10-25-15-6-4-3-5-14(15)21(23)24/h3-9H,10H2,1-2H3,(H,19,22). The smallest absolute Gasteiger partial charge is 0.310 e. The van der Waals surface area contributed by atoms with Crippen molar-refractivity contribution in [2.45, 2.75) is 13.5 Å². The Morgan fingerprint density at radius 1 is 1.35 bits per heavy atom. The van der Waals surface area contributed by atoms with Gasteiger partial charge in [0.2, 0.25) is 0 Å². The van der Waals surface area contributed by atoms with Crippen LogP contribution in [0.1, 0.15) is 22.0 Å². The summed E-state index contributed by atoms with van der Waals surface area (Å²) in [6.45, 7) is 1.79. The van der Waals surface area contributed by atoms with Crippen LogP contribution in [0.4, 0.5) is 11.4 Å². The van der Waals surface area contributed by atoms with E-state index in [0.717, 1.165) is 5.69 Å². The minimum Gasteiger partial charge on any atom is -0.479 e. The highest BCUT2D eigenvalue weighted by molar-refractivity contribution is 6.02. The summed E-state index contributed by atoms with van der Waals surface area (Å²) in [6, 6.07) is 9.14. The highest BCUT2D eigenvalue weighted by atomic mass is 16.6. The van der Waals surface area contributed by atoms with Crippen molar-refractivity contribution in [1.29, 1.82) is 0 Å². The predicted octanol–water partition coefficient (Wildman–Crippen LogP) is 3.06. The number of amides is 1. The Morgan fingerprint density at radius 2 is 2.12 bits per heavy atom. The zero-order valence-corrected chi connectivity index (χ0v) is 14.1. The van der Waals surface area contributed by atoms with Gasteiger partial charge in [-0.2, -0.15) is 5.10 Å². The maximum Gasteiger partial charge on any atom is 0.310 e. The molecule has 0 spiro atoms. The number of nitro groups is 1. The number of para-hydroxylation sites is 2. The number of benzene rings is 1. The lowest BCUT2D eigenvalue weighted by Crippen LogP contribution is -2.11. The van der Waals surface area contributed by atoms with Crippen LogP contribution in [0.25, 0.3) is 0 Å². The Bertz CT molecular complexity index is 960. The molecule has 0 radical (unpaired) electrons. The molecule has 9 heteroatoms. The van der Waals surface area contributed by atoms with Crippen LogP contribution in [0.15, 0.2) is 47.0 Å². The molecule has 9 nitrogen and oxygen atoms in total. The highest BCUT2D eigenvalue weighted by Crippen LogP contribution is 2.27. The van der Waals surface area contributed by atoms with Gasteiger partial charge in [-0.05, 0) is 25.1 Å². The van der Waals surface area contributed by atoms with Crippen molar-refractivity contribution in [3.05, 3.63) is 69.9 Å². The first kappa shape index (κ1) is 17.2. The van der Waals surface area contributed by atoms with Crippen LogP contribution < -0.4 is 10.1 Å². The molecular weight excluding hydrogens is 340 g/mol. The van der Waals surface area contributed by atoms with Gasteiger partial charge in [0, 0.05) is 13.1 Å². The summed E-state index contributed by atoms with van der Waals surface area (Å²) >= 11 is 0. The highest BCUT2D eigenvalue weighted by Gasteiger charge is 2.16. The van der Waals surface area contributed by atoms with Crippen molar-refractivity contribution >= 4 is 17.3 Å². The number of furan rings is 1. The number of aromatic nitrogens is 2. The van der Waals surface area contributed by atoms with E-state index < -0.39 is 10.8 Å². The topological polar surface area (TPSA) is 112 Å². The Morgan fingerprint density at radius 3 is 2.81 bits per heavy atom. The molecule has 1 amide bonds. The van der Waals surface area contributed by atoms with Gasteiger partial charge in [0.15, 0.2) is 11.5 Å². The van der Waals surface area contributed by atoms with Crippen molar-refractivity contribution < 1.29 is 18.9 Å². The van der Waals surface area contributed by atoms with Gasteiger partial charge in [-0.15, -0.1) is 0 Å². The molecule has 0 saturated heterocycles. The van der Waals surface area contributed by atoms with E-state index in [1.165, 1.54) is 18.2 Å². The molecule has 0 fully saturated rings. The number of carbonyl (C=O) groups is 1. The van der Waals surface area contributed by atoms with E-state index in [1.807, 2.05) is 6.92 Å². The van der Waals surface area contributed by atoms with Crippen molar-refractivity contribution in [3.8, 4) is 5.75 Å². The summed E-state index contributed by atoms with van der Waals surface area (Å²) in [5, 5.41) is 17.7. The Kier molecular flexibility index (Phi) is 4.70. The maximum atomic E-state index is 12.2. The van der Waals surface area contributed by atoms with E-state index in [0.29, 0.717) is 11.4 Å². The number of nitro benzene ring substituents is 1. The van der Waals surface area contributed by atoms with Crippen LogP contribution >= 0.6 is 0 Å². The number of hydrogen-bond acceptors (Lipinski definition) is 6. The molecule has 3 aromatic rings. The third kappa shape index (κ3) is 3.56. The lowest BCUT2D eigenvalue weighted by atomic mass is 10.3. The third-order valence-electron chi connectivity index (χ3n) is 3.80. The minimum absolute atomic E-state index is 0.0376. The quantitative estimate of drug-likeness (QED) is 0.536. The number of rotatable bonds is 6. The van der Waals surface area contributed by atoms with Gasteiger partial charge in [0.25, 0.3) is 5.91 Å². The summed E-state index contributed by atoms with van der Waals surface area (Å²) in [5.41, 5.74) is 1.26. The van der Waals surface area contributed by atoms with Crippen LogP contribution in [0, 0.1) is 17.0 Å².